The summed E-state index contributed by atoms with van der Waals surface area (Å²) in [4.78, 5) is 16.7. The van der Waals surface area contributed by atoms with Crippen molar-refractivity contribution in [2.75, 3.05) is 31.5 Å². The molecule has 3 rings (SSSR count). The highest BCUT2D eigenvalue weighted by molar-refractivity contribution is 9.10. The highest BCUT2D eigenvalue weighted by Gasteiger charge is 2.20. The highest BCUT2D eigenvalue weighted by Crippen LogP contribution is 2.21. The van der Waals surface area contributed by atoms with Crippen molar-refractivity contribution in [2.45, 2.75) is 13.0 Å². The Morgan fingerprint density at radius 3 is 2.78 bits per heavy atom. The van der Waals surface area contributed by atoms with Crippen LogP contribution in [0.4, 0.5) is 10.5 Å². The first-order valence-electron chi connectivity index (χ1n) is 7.77. The molecule has 0 spiro atoms. The third-order valence-corrected chi connectivity index (χ3v) is 4.64. The van der Waals surface area contributed by atoms with Crippen LogP contribution in [0, 0.1) is 0 Å². The van der Waals surface area contributed by atoms with Gasteiger partial charge in [0.25, 0.3) is 0 Å². The van der Waals surface area contributed by atoms with Gasteiger partial charge < -0.3 is 14.6 Å². The normalized spacial score (nSPS) is 16.1. The zero-order chi connectivity index (χ0) is 16.1. The first-order chi connectivity index (χ1) is 11.2. The van der Waals surface area contributed by atoms with E-state index in [1.54, 1.807) is 6.26 Å². The predicted molar refractivity (Wildman–Crippen MR) is 93.3 cm³/mol. The van der Waals surface area contributed by atoms with Gasteiger partial charge in [-0.25, -0.2) is 4.79 Å². The first kappa shape index (κ1) is 16.1. The Bertz CT molecular complexity index is 645. The van der Waals surface area contributed by atoms with Gasteiger partial charge >= 0.3 is 6.03 Å². The van der Waals surface area contributed by atoms with Crippen molar-refractivity contribution in [3.05, 3.63) is 52.9 Å². The second kappa shape index (κ2) is 7.66. The van der Waals surface area contributed by atoms with Crippen LogP contribution in [0.3, 0.4) is 0 Å². The Hall–Kier alpha value is -1.79. The number of hydrogen-bond acceptors (Lipinski definition) is 3. The van der Waals surface area contributed by atoms with Gasteiger partial charge in [-0.3, -0.25) is 4.90 Å². The lowest BCUT2D eigenvalue weighted by molar-refractivity contribution is 0.209. The number of nitrogens with zero attached hydrogens (tertiary/aromatic N) is 2. The second-order valence-corrected chi connectivity index (χ2v) is 6.46. The Kier molecular flexibility index (Phi) is 5.35. The van der Waals surface area contributed by atoms with Gasteiger partial charge in [-0.15, -0.1) is 0 Å². The van der Waals surface area contributed by atoms with Crippen molar-refractivity contribution in [3.63, 3.8) is 0 Å². The molecule has 0 unspecified atom stereocenters. The van der Waals surface area contributed by atoms with Crippen molar-refractivity contribution in [1.29, 1.82) is 0 Å². The molecular formula is C17H20BrN3O2. The van der Waals surface area contributed by atoms with Crippen molar-refractivity contribution < 1.29 is 9.21 Å². The Morgan fingerprint density at radius 2 is 2.00 bits per heavy atom. The maximum Gasteiger partial charge on any atom is 0.321 e. The summed E-state index contributed by atoms with van der Waals surface area (Å²) < 4.78 is 6.30. The SMILES string of the molecule is O=C(Nc1ccccc1Br)N1CCCN(Cc2ccco2)CC1. The molecule has 5 nitrogen and oxygen atoms in total. The molecule has 2 heterocycles. The third kappa shape index (κ3) is 4.36. The molecule has 0 saturated carbocycles. The summed E-state index contributed by atoms with van der Waals surface area (Å²) in [6.45, 7) is 4.11. The van der Waals surface area contributed by atoms with Gasteiger partial charge in [0.05, 0.1) is 18.5 Å². The number of carbonyl (C=O) groups is 1. The largest absolute Gasteiger partial charge is 0.468 e. The fourth-order valence-corrected chi connectivity index (χ4v) is 3.10. The molecule has 122 valence electrons. The number of rotatable bonds is 3. The number of furan rings is 1. The van der Waals surface area contributed by atoms with E-state index in [4.69, 9.17) is 4.42 Å². The summed E-state index contributed by atoms with van der Waals surface area (Å²) in [5.74, 6) is 0.969. The fraction of sp³-hybridized carbons (Fsp3) is 0.353. The third-order valence-electron chi connectivity index (χ3n) is 3.95. The number of halogens is 1. The van der Waals surface area contributed by atoms with Gasteiger partial charge in [0.15, 0.2) is 0 Å². The van der Waals surface area contributed by atoms with E-state index < -0.39 is 0 Å². The molecule has 0 atom stereocenters. The van der Waals surface area contributed by atoms with Crippen molar-refractivity contribution in [1.82, 2.24) is 9.80 Å². The summed E-state index contributed by atoms with van der Waals surface area (Å²) >= 11 is 3.46. The zero-order valence-electron chi connectivity index (χ0n) is 12.9. The fourth-order valence-electron chi connectivity index (χ4n) is 2.71. The van der Waals surface area contributed by atoms with Crippen LogP contribution < -0.4 is 5.32 Å². The quantitative estimate of drug-likeness (QED) is 0.885. The van der Waals surface area contributed by atoms with E-state index in [0.717, 1.165) is 55.1 Å². The molecule has 0 bridgehead atoms. The molecule has 6 heteroatoms. The van der Waals surface area contributed by atoms with Crippen LogP contribution in [-0.2, 0) is 6.54 Å². The monoisotopic (exact) mass is 377 g/mol. The minimum atomic E-state index is -0.0447. The lowest BCUT2D eigenvalue weighted by Crippen LogP contribution is -2.38. The molecule has 23 heavy (non-hydrogen) atoms. The molecule has 1 saturated heterocycles. The van der Waals surface area contributed by atoms with Crippen LogP contribution in [-0.4, -0.2) is 42.0 Å². The van der Waals surface area contributed by atoms with Crippen molar-refractivity contribution in [2.24, 2.45) is 0 Å². The molecule has 1 fully saturated rings. The Morgan fingerprint density at radius 1 is 1.13 bits per heavy atom. The van der Waals surface area contributed by atoms with Crippen molar-refractivity contribution in [3.8, 4) is 0 Å². The predicted octanol–water partition coefficient (Wildman–Crippen LogP) is 3.78. The highest BCUT2D eigenvalue weighted by atomic mass is 79.9. The number of amides is 2. The van der Waals surface area contributed by atoms with Crippen molar-refractivity contribution >= 4 is 27.6 Å². The molecule has 2 amide bonds. The lowest BCUT2D eigenvalue weighted by atomic mass is 10.3. The number of para-hydroxylation sites is 1. The van der Waals surface area contributed by atoms with Gasteiger partial charge in [-0.1, -0.05) is 12.1 Å². The average molecular weight is 378 g/mol. The van der Waals surface area contributed by atoms with E-state index in [1.165, 1.54) is 0 Å². The Labute approximate surface area is 144 Å². The number of anilines is 1. The number of urea groups is 1. The van der Waals surface area contributed by atoms with E-state index in [2.05, 4.69) is 26.1 Å². The van der Waals surface area contributed by atoms with Crippen LogP contribution in [0.5, 0.6) is 0 Å². The van der Waals surface area contributed by atoms with Gasteiger partial charge in [-0.05, 0) is 46.6 Å². The van der Waals surface area contributed by atoms with Crippen LogP contribution in [0.1, 0.15) is 12.2 Å². The molecule has 1 aliphatic heterocycles. The first-order valence-corrected chi connectivity index (χ1v) is 8.57. The van der Waals surface area contributed by atoms with E-state index >= 15 is 0 Å². The summed E-state index contributed by atoms with van der Waals surface area (Å²) in [5, 5.41) is 2.97. The minimum Gasteiger partial charge on any atom is -0.468 e. The van der Waals surface area contributed by atoms with E-state index in [-0.39, 0.29) is 6.03 Å². The maximum atomic E-state index is 12.5. The van der Waals surface area contributed by atoms with E-state index in [0.29, 0.717) is 0 Å². The van der Waals surface area contributed by atoms with Gasteiger partial charge in [0.2, 0.25) is 0 Å². The standard InChI is InChI=1S/C17H20BrN3O2/c18-15-6-1-2-7-16(15)19-17(22)21-9-4-8-20(10-11-21)13-14-5-3-12-23-14/h1-3,5-7,12H,4,8-11,13H2,(H,19,22). The van der Waals surface area contributed by atoms with E-state index in [1.807, 2.05) is 41.3 Å². The second-order valence-electron chi connectivity index (χ2n) is 5.61. The molecule has 1 N–H and O–H groups in total. The van der Waals surface area contributed by atoms with Crippen LogP contribution in [0.2, 0.25) is 0 Å². The van der Waals surface area contributed by atoms with Crippen LogP contribution >= 0.6 is 15.9 Å². The molecule has 1 aromatic heterocycles. The number of benzene rings is 1. The summed E-state index contributed by atoms with van der Waals surface area (Å²) in [6, 6.07) is 11.5. The molecule has 1 aromatic carbocycles. The molecule has 0 radical (unpaired) electrons. The number of carbonyl (C=O) groups excluding carboxylic acids is 1. The number of hydrogen-bond donors (Lipinski definition) is 1. The zero-order valence-corrected chi connectivity index (χ0v) is 14.5. The number of nitrogens with one attached hydrogen (secondary N) is 1. The van der Waals surface area contributed by atoms with Crippen LogP contribution in [0.15, 0.2) is 51.6 Å². The molecule has 2 aromatic rings. The molecule has 1 aliphatic rings. The summed E-state index contributed by atoms with van der Waals surface area (Å²) in [5.41, 5.74) is 0.800. The smallest absolute Gasteiger partial charge is 0.321 e. The van der Waals surface area contributed by atoms with E-state index in [9.17, 15) is 4.79 Å². The minimum absolute atomic E-state index is 0.0447. The average Bonchev–Trinajstić information content (AvgIpc) is 2.94. The summed E-state index contributed by atoms with van der Waals surface area (Å²) in [7, 11) is 0. The molecular weight excluding hydrogens is 358 g/mol. The molecule has 0 aliphatic carbocycles. The Balaban J connectivity index is 1.55. The topological polar surface area (TPSA) is 48.7 Å². The van der Waals surface area contributed by atoms with Gasteiger partial charge in [0.1, 0.15) is 5.76 Å². The van der Waals surface area contributed by atoms with Gasteiger partial charge in [0, 0.05) is 30.7 Å². The lowest BCUT2D eigenvalue weighted by Gasteiger charge is -2.22. The summed E-state index contributed by atoms with van der Waals surface area (Å²) in [6.07, 6.45) is 2.66. The van der Waals surface area contributed by atoms with Crippen LogP contribution in [0.25, 0.3) is 0 Å². The van der Waals surface area contributed by atoms with Gasteiger partial charge in [-0.2, -0.15) is 0 Å². The maximum absolute atomic E-state index is 12.5.